The third-order valence-corrected chi connectivity index (χ3v) is 6.64. The van der Waals surface area contributed by atoms with E-state index in [-0.39, 0.29) is 5.69 Å². The standard InChI is InChI=1S/C29H40N2O6/c1-5-8-10-12-16-30(17-13-11-9-6-2)29(32)36-21(4)24-19-25-23-15-14-22(35-7-3)18-27(23)37-28(25)20-26(24)31(33)34/h14-15,18-21H,5-13,16-17H2,1-4H3. The van der Waals surface area contributed by atoms with Gasteiger partial charge in [-0.05, 0) is 44.9 Å². The van der Waals surface area contributed by atoms with Crippen LogP contribution in [0.25, 0.3) is 21.9 Å². The number of nitrogens with zero attached hydrogens (tertiary/aromatic N) is 2. The molecular formula is C29H40N2O6. The SMILES string of the molecule is CCCCCCN(CCCCCC)C(=O)OC(C)c1cc2c(cc1[N+](=O)[O-])oc1cc(OCC)ccc12. The largest absolute Gasteiger partial charge is 0.494 e. The molecule has 8 nitrogen and oxygen atoms in total. The van der Waals surface area contributed by atoms with Crippen LogP contribution in [0.3, 0.4) is 0 Å². The van der Waals surface area contributed by atoms with Crippen molar-refractivity contribution < 1.29 is 23.6 Å². The molecule has 1 amide bonds. The molecule has 37 heavy (non-hydrogen) atoms. The summed E-state index contributed by atoms with van der Waals surface area (Å²) in [6.45, 7) is 9.69. The molecule has 0 N–H and O–H groups in total. The third-order valence-electron chi connectivity index (χ3n) is 6.64. The summed E-state index contributed by atoms with van der Waals surface area (Å²) in [7, 11) is 0. The third kappa shape index (κ3) is 7.37. The predicted octanol–water partition coefficient (Wildman–Crippen LogP) is 8.55. The number of carbonyl (C=O) groups excluding carboxylic acids is 1. The molecule has 2 aromatic carbocycles. The van der Waals surface area contributed by atoms with Gasteiger partial charge in [0.15, 0.2) is 0 Å². The highest BCUT2D eigenvalue weighted by atomic mass is 16.6. The number of fused-ring (bicyclic) bond motifs is 3. The Kier molecular flexibility index (Phi) is 10.6. The van der Waals surface area contributed by atoms with Gasteiger partial charge in [-0.3, -0.25) is 10.1 Å². The van der Waals surface area contributed by atoms with Crippen LogP contribution >= 0.6 is 0 Å². The molecule has 0 aliphatic rings. The van der Waals surface area contributed by atoms with Gasteiger partial charge in [-0.2, -0.15) is 0 Å². The van der Waals surface area contributed by atoms with Gasteiger partial charge >= 0.3 is 6.09 Å². The van der Waals surface area contributed by atoms with Crippen LogP contribution in [0.4, 0.5) is 10.5 Å². The zero-order chi connectivity index (χ0) is 26.8. The molecule has 1 heterocycles. The summed E-state index contributed by atoms with van der Waals surface area (Å²) >= 11 is 0. The van der Waals surface area contributed by atoms with Crippen molar-refractivity contribution in [2.75, 3.05) is 19.7 Å². The normalized spacial score (nSPS) is 12.1. The Balaban J connectivity index is 1.85. The van der Waals surface area contributed by atoms with Crippen LogP contribution < -0.4 is 4.74 Å². The van der Waals surface area contributed by atoms with Crippen molar-refractivity contribution >= 4 is 33.7 Å². The van der Waals surface area contributed by atoms with Crippen LogP contribution in [0.1, 0.15) is 90.7 Å². The van der Waals surface area contributed by atoms with E-state index in [9.17, 15) is 14.9 Å². The van der Waals surface area contributed by atoms with E-state index < -0.39 is 17.1 Å². The van der Waals surface area contributed by atoms with E-state index in [1.807, 2.05) is 19.1 Å². The van der Waals surface area contributed by atoms with E-state index in [1.165, 1.54) is 6.07 Å². The number of hydrogen-bond donors (Lipinski definition) is 0. The topological polar surface area (TPSA) is 95.1 Å². The highest BCUT2D eigenvalue weighted by molar-refractivity contribution is 6.06. The Hall–Kier alpha value is -3.29. The van der Waals surface area contributed by atoms with Crippen LogP contribution in [0.15, 0.2) is 34.7 Å². The van der Waals surface area contributed by atoms with Crippen LogP contribution in [-0.4, -0.2) is 35.6 Å². The Morgan fingerprint density at radius 3 is 2.19 bits per heavy atom. The average molecular weight is 513 g/mol. The van der Waals surface area contributed by atoms with Gasteiger partial charge < -0.3 is 18.8 Å². The summed E-state index contributed by atoms with van der Waals surface area (Å²) in [6.07, 6.45) is 7.26. The molecule has 1 unspecified atom stereocenters. The number of hydrogen-bond acceptors (Lipinski definition) is 6. The molecule has 0 fully saturated rings. The quantitative estimate of drug-likeness (QED) is 0.115. The predicted molar refractivity (Wildman–Crippen MR) is 146 cm³/mol. The van der Waals surface area contributed by atoms with E-state index in [0.717, 1.165) is 62.1 Å². The number of ether oxygens (including phenoxy) is 2. The highest BCUT2D eigenvalue weighted by Gasteiger charge is 2.27. The van der Waals surface area contributed by atoms with E-state index in [4.69, 9.17) is 13.9 Å². The van der Waals surface area contributed by atoms with Gasteiger partial charge in [0.2, 0.25) is 0 Å². The minimum absolute atomic E-state index is 0.130. The summed E-state index contributed by atoms with van der Waals surface area (Å²) in [5.74, 6) is 0.670. The summed E-state index contributed by atoms with van der Waals surface area (Å²) < 4.78 is 17.3. The zero-order valence-electron chi connectivity index (χ0n) is 22.6. The molecular weight excluding hydrogens is 472 g/mol. The smallest absolute Gasteiger partial charge is 0.410 e. The first kappa shape index (κ1) is 28.3. The molecule has 8 heteroatoms. The summed E-state index contributed by atoms with van der Waals surface area (Å²) in [4.78, 5) is 26.4. The Morgan fingerprint density at radius 2 is 1.59 bits per heavy atom. The number of nitro benzene ring substituents is 1. The fraction of sp³-hybridized carbons (Fsp3) is 0.552. The van der Waals surface area contributed by atoms with Crippen molar-refractivity contribution in [1.82, 2.24) is 4.90 Å². The van der Waals surface area contributed by atoms with Crippen LogP contribution in [0.5, 0.6) is 5.75 Å². The molecule has 0 radical (unpaired) electrons. The maximum Gasteiger partial charge on any atom is 0.410 e. The maximum atomic E-state index is 13.2. The van der Waals surface area contributed by atoms with Crippen LogP contribution in [-0.2, 0) is 4.74 Å². The van der Waals surface area contributed by atoms with Crippen molar-refractivity contribution in [3.05, 3.63) is 46.0 Å². The van der Waals surface area contributed by atoms with Gasteiger partial charge in [0.25, 0.3) is 5.69 Å². The lowest BCUT2D eigenvalue weighted by Gasteiger charge is -2.24. The van der Waals surface area contributed by atoms with Crippen molar-refractivity contribution in [3.63, 3.8) is 0 Å². The Labute approximate surface area is 219 Å². The second-order valence-corrected chi connectivity index (χ2v) is 9.49. The molecule has 3 aromatic rings. The van der Waals surface area contributed by atoms with Crippen molar-refractivity contribution in [2.24, 2.45) is 0 Å². The number of nitro groups is 1. The second kappa shape index (κ2) is 13.9. The molecule has 0 aliphatic carbocycles. The van der Waals surface area contributed by atoms with Gasteiger partial charge in [-0.15, -0.1) is 0 Å². The summed E-state index contributed by atoms with van der Waals surface area (Å²) in [5, 5.41) is 13.5. The summed E-state index contributed by atoms with van der Waals surface area (Å²) in [6, 6.07) is 8.64. The molecule has 0 aliphatic heterocycles. The molecule has 0 bridgehead atoms. The van der Waals surface area contributed by atoms with Gasteiger partial charge in [-0.25, -0.2) is 4.79 Å². The average Bonchev–Trinajstić information content (AvgIpc) is 3.23. The van der Waals surface area contributed by atoms with E-state index in [1.54, 1.807) is 24.0 Å². The van der Waals surface area contributed by atoms with Crippen molar-refractivity contribution in [2.45, 2.75) is 85.2 Å². The van der Waals surface area contributed by atoms with E-state index >= 15 is 0 Å². The first-order valence-electron chi connectivity index (χ1n) is 13.6. The molecule has 3 rings (SSSR count). The van der Waals surface area contributed by atoms with Crippen LogP contribution in [0, 0.1) is 10.1 Å². The lowest BCUT2D eigenvalue weighted by Crippen LogP contribution is -2.34. The van der Waals surface area contributed by atoms with Crippen molar-refractivity contribution in [1.29, 1.82) is 0 Å². The van der Waals surface area contributed by atoms with Gasteiger partial charge in [0.05, 0.1) is 23.2 Å². The minimum atomic E-state index is -0.793. The number of unbranched alkanes of at least 4 members (excludes halogenated alkanes) is 6. The fourth-order valence-corrected chi connectivity index (χ4v) is 4.59. The first-order chi connectivity index (χ1) is 17.9. The maximum absolute atomic E-state index is 13.2. The minimum Gasteiger partial charge on any atom is -0.494 e. The van der Waals surface area contributed by atoms with Crippen LogP contribution in [0.2, 0.25) is 0 Å². The number of benzene rings is 2. The fourth-order valence-electron chi connectivity index (χ4n) is 4.59. The number of furan rings is 1. The molecule has 0 saturated carbocycles. The Morgan fingerprint density at radius 1 is 0.946 bits per heavy atom. The number of rotatable bonds is 15. The Bertz CT molecular complexity index is 1180. The lowest BCUT2D eigenvalue weighted by molar-refractivity contribution is -0.386. The van der Waals surface area contributed by atoms with Gasteiger partial charge in [-0.1, -0.05) is 52.4 Å². The highest BCUT2D eigenvalue weighted by Crippen LogP contribution is 2.38. The van der Waals surface area contributed by atoms with Gasteiger partial charge in [0, 0.05) is 29.9 Å². The molecule has 1 aromatic heterocycles. The lowest BCUT2D eigenvalue weighted by atomic mass is 10.0. The zero-order valence-corrected chi connectivity index (χ0v) is 22.6. The van der Waals surface area contributed by atoms with E-state index in [2.05, 4.69) is 13.8 Å². The van der Waals surface area contributed by atoms with Gasteiger partial charge in [0.1, 0.15) is 23.0 Å². The summed E-state index contributed by atoms with van der Waals surface area (Å²) in [5.41, 5.74) is 1.21. The molecule has 0 spiro atoms. The van der Waals surface area contributed by atoms with E-state index in [0.29, 0.717) is 42.2 Å². The molecule has 1 atom stereocenters. The number of carbonyl (C=O) groups is 1. The molecule has 0 saturated heterocycles. The van der Waals surface area contributed by atoms with Crippen molar-refractivity contribution in [3.8, 4) is 5.75 Å². The number of amides is 1. The second-order valence-electron chi connectivity index (χ2n) is 9.49. The monoisotopic (exact) mass is 512 g/mol. The molecule has 202 valence electrons. The first-order valence-corrected chi connectivity index (χ1v) is 13.6.